The summed E-state index contributed by atoms with van der Waals surface area (Å²) in [6.45, 7) is 9.71. The third kappa shape index (κ3) is 3.85. The van der Waals surface area contributed by atoms with Crippen LogP contribution in [-0.4, -0.2) is 34.7 Å². The first-order chi connectivity index (χ1) is 7.74. The van der Waals surface area contributed by atoms with Gasteiger partial charge in [-0.05, 0) is 47.5 Å². The van der Waals surface area contributed by atoms with E-state index in [9.17, 15) is 4.79 Å². The highest BCUT2D eigenvalue weighted by molar-refractivity contribution is 5.69. The van der Waals surface area contributed by atoms with Crippen molar-refractivity contribution in [2.45, 2.75) is 71.2 Å². The number of nitrogens with one attached hydrogen (secondary N) is 1. The number of rotatable bonds is 1. The molecular formula is C12H25N3O2. The lowest BCUT2D eigenvalue weighted by Gasteiger charge is -2.42. The quantitative estimate of drug-likeness (QED) is 0.542. The van der Waals surface area contributed by atoms with E-state index in [1.807, 2.05) is 39.5 Å². The summed E-state index contributed by atoms with van der Waals surface area (Å²) in [5.74, 6) is 5.47. The Morgan fingerprint density at radius 1 is 1.29 bits per heavy atom. The molecule has 5 nitrogen and oxygen atoms in total. The zero-order valence-electron chi connectivity index (χ0n) is 11.5. The third-order valence-electron chi connectivity index (χ3n) is 3.04. The smallest absolute Gasteiger partial charge is 0.410 e. The summed E-state index contributed by atoms with van der Waals surface area (Å²) in [5.41, 5.74) is 2.35. The molecule has 2 unspecified atom stereocenters. The summed E-state index contributed by atoms with van der Waals surface area (Å²) in [7, 11) is 0. The van der Waals surface area contributed by atoms with Gasteiger partial charge in [0.1, 0.15) is 5.60 Å². The van der Waals surface area contributed by atoms with Gasteiger partial charge in [0.15, 0.2) is 0 Å². The van der Waals surface area contributed by atoms with E-state index >= 15 is 0 Å². The van der Waals surface area contributed by atoms with Gasteiger partial charge in [0.05, 0.1) is 0 Å². The van der Waals surface area contributed by atoms with Crippen LogP contribution in [-0.2, 0) is 4.74 Å². The fourth-order valence-corrected chi connectivity index (χ4v) is 2.39. The van der Waals surface area contributed by atoms with Crippen molar-refractivity contribution in [2.24, 2.45) is 5.84 Å². The molecule has 1 aliphatic rings. The summed E-state index contributed by atoms with van der Waals surface area (Å²) < 4.78 is 5.42. The molecule has 3 N–H and O–H groups in total. The number of ether oxygens (including phenoxy) is 1. The third-order valence-corrected chi connectivity index (χ3v) is 3.04. The lowest BCUT2D eigenvalue weighted by Crippen LogP contribution is -2.56. The Bertz CT molecular complexity index is 263. The number of likely N-dealkylation sites (tertiary alicyclic amines) is 1. The summed E-state index contributed by atoms with van der Waals surface area (Å²) in [6, 6.07) is 0.572. The molecule has 0 saturated carbocycles. The summed E-state index contributed by atoms with van der Waals surface area (Å²) in [5, 5.41) is 0. The molecule has 0 aromatic rings. The van der Waals surface area contributed by atoms with Gasteiger partial charge in [-0.1, -0.05) is 0 Å². The highest BCUT2D eigenvalue weighted by atomic mass is 16.6. The minimum atomic E-state index is -0.445. The number of carbonyl (C=O) groups excluding carboxylic acids is 1. The van der Waals surface area contributed by atoms with Crippen LogP contribution in [0.15, 0.2) is 0 Å². The second-order valence-electron chi connectivity index (χ2n) is 5.92. The molecule has 1 saturated heterocycles. The number of hydrazine groups is 1. The maximum absolute atomic E-state index is 12.1. The zero-order valence-corrected chi connectivity index (χ0v) is 11.5. The first-order valence-electron chi connectivity index (χ1n) is 6.22. The number of nitrogens with zero attached hydrogens (tertiary/aromatic N) is 1. The van der Waals surface area contributed by atoms with Crippen molar-refractivity contribution in [1.29, 1.82) is 0 Å². The van der Waals surface area contributed by atoms with E-state index in [2.05, 4.69) is 5.43 Å². The van der Waals surface area contributed by atoms with Crippen LogP contribution in [0.3, 0.4) is 0 Å². The van der Waals surface area contributed by atoms with E-state index < -0.39 is 5.60 Å². The van der Waals surface area contributed by atoms with Crippen LogP contribution in [0.1, 0.15) is 47.5 Å². The fourth-order valence-electron chi connectivity index (χ4n) is 2.39. The SMILES string of the molecule is CC1CC(NN)CC(C)N1C(=O)OC(C)(C)C. The van der Waals surface area contributed by atoms with E-state index in [1.54, 1.807) is 0 Å². The molecular weight excluding hydrogens is 218 g/mol. The fraction of sp³-hybridized carbons (Fsp3) is 0.917. The molecule has 0 aliphatic carbocycles. The Morgan fingerprint density at radius 2 is 1.76 bits per heavy atom. The molecule has 0 radical (unpaired) electrons. The molecule has 0 aromatic heterocycles. The average Bonchev–Trinajstić information content (AvgIpc) is 2.13. The van der Waals surface area contributed by atoms with Crippen molar-refractivity contribution in [3.8, 4) is 0 Å². The highest BCUT2D eigenvalue weighted by Crippen LogP contribution is 2.25. The molecule has 100 valence electrons. The predicted octanol–water partition coefficient (Wildman–Crippen LogP) is 1.63. The van der Waals surface area contributed by atoms with E-state index in [4.69, 9.17) is 10.6 Å². The monoisotopic (exact) mass is 243 g/mol. The van der Waals surface area contributed by atoms with Gasteiger partial charge in [-0.15, -0.1) is 0 Å². The van der Waals surface area contributed by atoms with Crippen molar-refractivity contribution >= 4 is 6.09 Å². The molecule has 1 aliphatic heterocycles. The normalized spacial score (nSPS) is 30.2. The molecule has 17 heavy (non-hydrogen) atoms. The van der Waals surface area contributed by atoms with Gasteiger partial charge >= 0.3 is 6.09 Å². The van der Waals surface area contributed by atoms with Crippen LogP contribution in [0, 0.1) is 0 Å². The maximum Gasteiger partial charge on any atom is 0.410 e. The van der Waals surface area contributed by atoms with Crippen molar-refractivity contribution in [3.05, 3.63) is 0 Å². The van der Waals surface area contributed by atoms with Crippen molar-refractivity contribution < 1.29 is 9.53 Å². The molecule has 0 aromatic carbocycles. The Labute approximate surface area is 104 Å². The first kappa shape index (κ1) is 14.3. The maximum atomic E-state index is 12.1. The Hall–Kier alpha value is -0.810. The molecule has 5 heteroatoms. The summed E-state index contributed by atoms with van der Waals surface area (Å²) in [4.78, 5) is 13.9. The number of piperidine rings is 1. The van der Waals surface area contributed by atoms with E-state index in [0.29, 0.717) is 0 Å². The molecule has 1 rings (SSSR count). The van der Waals surface area contributed by atoms with Gasteiger partial charge in [0, 0.05) is 18.1 Å². The van der Waals surface area contributed by atoms with Crippen molar-refractivity contribution in [3.63, 3.8) is 0 Å². The minimum Gasteiger partial charge on any atom is -0.444 e. The zero-order chi connectivity index (χ0) is 13.2. The van der Waals surface area contributed by atoms with Gasteiger partial charge in [-0.3, -0.25) is 11.3 Å². The second kappa shape index (κ2) is 5.23. The second-order valence-corrected chi connectivity index (χ2v) is 5.92. The topological polar surface area (TPSA) is 67.6 Å². The van der Waals surface area contributed by atoms with Crippen molar-refractivity contribution in [1.82, 2.24) is 10.3 Å². The van der Waals surface area contributed by atoms with Gasteiger partial charge in [0.25, 0.3) is 0 Å². The summed E-state index contributed by atoms with van der Waals surface area (Å²) in [6.07, 6.45) is 1.49. The minimum absolute atomic E-state index is 0.148. The van der Waals surface area contributed by atoms with E-state index in [1.165, 1.54) is 0 Å². The number of amides is 1. The van der Waals surface area contributed by atoms with Crippen LogP contribution in [0.5, 0.6) is 0 Å². The van der Waals surface area contributed by atoms with Crippen LogP contribution in [0.4, 0.5) is 4.79 Å². The number of hydrogen-bond donors (Lipinski definition) is 2. The molecule has 2 atom stereocenters. The van der Waals surface area contributed by atoms with Crippen LogP contribution < -0.4 is 11.3 Å². The predicted molar refractivity (Wildman–Crippen MR) is 67.3 cm³/mol. The summed E-state index contributed by atoms with van der Waals surface area (Å²) >= 11 is 0. The Kier molecular flexibility index (Phi) is 4.38. The molecule has 1 heterocycles. The van der Waals surface area contributed by atoms with E-state index in [0.717, 1.165) is 12.8 Å². The van der Waals surface area contributed by atoms with Crippen LogP contribution in [0.2, 0.25) is 0 Å². The van der Waals surface area contributed by atoms with Gasteiger partial charge < -0.3 is 9.64 Å². The number of hydrogen-bond acceptors (Lipinski definition) is 4. The Balaban J connectivity index is 2.67. The van der Waals surface area contributed by atoms with Crippen LogP contribution >= 0.6 is 0 Å². The molecule has 0 bridgehead atoms. The highest BCUT2D eigenvalue weighted by Gasteiger charge is 2.35. The van der Waals surface area contributed by atoms with Gasteiger partial charge in [0.2, 0.25) is 0 Å². The number of nitrogens with two attached hydrogens (primary N) is 1. The van der Waals surface area contributed by atoms with Gasteiger partial charge in [-0.2, -0.15) is 0 Å². The lowest BCUT2D eigenvalue weighted by molar-refractivity contribution is -0.00391. The largest absolute Gasteiger partial charge is 0.444 e. The Morgan fingerprint density at radius 3 is 2.12 bits per heavy atom. The molecule has 0 spiro atoms. The first-order valence-corrected chi connectivity index (χ1v) is 6.22. The standard InChI is InChI=1S/C12H25N3O2/c1-8-6-10(14-13)7-9(2)15(8)11(16)17-12(3,4)5/h8-10,14H,6-7,13H2,1-5H3. The number of carbonyl (C=O) groups is 1. The molecule has 1 amide bonds. The van der Waals surface area contributed by atoms with Crippen molar-refractivity contribution in [2.75, 3.05) is 0 Å². The van der Waals surface area contributed by atoms with Gasteiger partial charge in [-0.25, -0.2) is 4.79 Å². The lowest BCUT2D eigenvalue weighted by atomic mass is 9.94. The van der Waals surface area contributed by atoms with Crippen LogP contribution in [0.25, 0.3) is 0 Å². The van der Waals surface area contributed by atoms with E-state index in [-0.39, 0.29) is 24.2 Å². The molecule has 1 fully saturated rings. The average molecular weight is 243 g/mol.